The van der Waals surface area contributed by atoms with Crippen molar-refractivity contribution >= 4 is 13.8 Å². The second kappa shape index (κ2) is 5.92. The molecule has 0 radical (unpaired) electrons. The highest BCUT2D eigenvalue weighted by atomic mass is 28.3. The average molecular weight is 270 g/mol. The first-order valence-corrected chi connectivity index (χ1v) is 9.43. The second-order valence-corrected chi connectivity index (χ2v) is 10.9. The number of ether oxygens (including phenoxy) is 1. The van der Waals surface area contributed by atoms with Crippen LogP contribution in [0.2, 0.25) is 25.7 Å². The van der Waals surface area contributed by atoms with Crippen LogP contribution < -0.4 is 5.56 Å². The van der Waals surface area contributed by atoms with Crippen molar-refractivity contribution in [2.45, 2.75) is 32.4 Å². The van der Waals surface area contributed by atoms with Gasteiger partial charge in [0.25, 0.3) is 0 Å². The molecule has 0 aromatic carbocycles. The fourth-order valence-electron chi connectivity index (χ4n) is 1.31. The van der Waals surface area contributed by atoms with Crippen molar-refractivity contribution in [2.75, 3.05) is 6.61 Å². The fraction of sp³-hybridized carbons (Fsp3) is 0.545. The number of aromatic nitrogens is 1. The summed E-state index contributed by atoms with van der Waals surface area (Å²) in [6.07, 6.45) is 1.49. The third-order valence-corrected chi connectivity index (χ3v) is 4.13. The van der Waals surface area contributed by atoms with Gasteiger partial charge < -0.3 is 4.74 Å². The minimum Gasteiger partial charge on any atom is -0.361 e. The summed E-state index contributed by atoms with van der Waals surface area (Å²) in [6, 6.07) is 3.67. The Morgan fingerprint density at radius 2 is 2.11 bits per heavy atom. The van der Waals surface area contributed by atoms with Crippen LogP contribution in [0, 0.1) is 10.1 Å². The Balaban J connectivity index is 2.61. The van der Waals surface area contributed by atoms with E-state index in [4.69, 9.17) is 4.74 Å². The lowest BCUT2D eigenvalue weighted by Gasteiger charge is -2.15. The smallest absolute Gasteiger partial charge is 0.334 e. The molecule has 100 valence electrons. The van der Waals surface area contributed by atoms with Crippen LogP contribution in [0.4, 0.5) is 5.69 Å². The number of hydrogen-bond donors (Lipinski definition) is 0. The molecule has 18 heavy (non-hydrogen) atoms. The van der Waals surface area contributed by atoms with Crippen LogP contribution in [0.1, 0.15) is 0 Å². The highest BCUT2D eigenvalue weighted by molar-refractivity contribution is 6.76. The van der Waals surface area contributed by atoms with Crippen LogP contribution in [0.5, 0.6) is 0 Å². The van der Waals surface area contributed by atoms with E-state index in [1.165, 1.54) is 22.9 Å². The van der Waals surface area contributed by atoms with E-state index in [9.17, 15) is 14.9 Å². The predicted molar refractivity (Wildman–Crippen MR) is 71.5 cm³/mol. The van der Waals surface area contributed by atoms with Crippen molar-refractivity contribution in [3.8, 4) is 0 Å². The van der Waals surface area contributed by atoms with Crippen LogP contribution in [-0.4, -0.2) is 24.2 Å². The van der Waals surface area contributed by atoms with Crippen molar-refractivity contribution < 1.29 is 9.66 Å². The molecule has 0 bridgehead atoms. The van der Waals surface area contributed by atoms with Gasteiger partial charge in [0.15, 0.2) is 0 Å². The van der Waals surface area contributed by atoms with Gasteiger partial charge >= 0.3 is 11.2 Å². The Hall–Kier alpha value is -1.47. The lowest BCUT2D eigenvalue weighted by molar-refractivity contribution is -0.386. The summed E-state index contributed by atoms with van der Waals surface area (Å²) in [6.45, 7) is 7.33. The summed E-state index contributed by atoms with van der Waals surface area (Å²) in [5.74, 6) is 0. The van der Waals surface area contributed by atoms with Gasteiger partial charge in [0, 0.05) is 26.9 Å². The maximum Gasteiger partial charge on any atom is 0.334 e. The van der Waals surface area contributed by atoms with Gasteiger partial charge in [-0.05, 0) is 12.1 Å². The van der Waals surface area contributed by atoms with Crippen LogP contribution in [0.25, 0.3) is 0 Å². The summed E-state index contributed by atoms with van der Waals surface area (Å²) in [5.41, 5.74) is -1.05. The molecule has 0 spiro atoms. The zero-order chi connectivity index (χ0) is 13.8. The van der Waals surface area contributed by atoms with Crippen LogP contribution in [-0.2, 0) is 11.5 Å². The average Bonchev–Trinajstić information content (AvgIpc) is 2.24. The zero-order valence-corrected chi connectivity index (χ0v) is 11.9. The molecule has 0 amide bonds. The van der Waals surface area contributed by atoms with Gasteiger partial charge in [0.05, 0.1) is 4.92 Å². The molecule has 0 N–H and O–H groups in total. The van der Waals surface area contributed by atoms with Gasteiger partial charge in [-0.15, -0.1) is 0 Å². The van der Waals surface area contributed by atoms with Crippen LogP contribution >= 0.6 is 0 Å². The van der Waals surface area contributed by atoms with E-state index < -0.39 is 24.2 Å². The quantitative estimate of drug-likeness (QED) is 0.343. The Kier molecular flexibility index (Phi) is 4.80. The highest BCUT2D eigenvalue weighted by Gasteiger charge is 2.14. The minimum atomic E-state index is -1.16. The molecule has 6 nitrogen and oxygen atoms in total. The molecule has 1 aromatic heterocycles. The number of rotatable bonds is 6. The first kappa shape index (κ1) is 14.6. The molecule has 0 fully saturated rings. The molecule has 0 aliphatic carbocycles. The highest BCUT2D eigenvalue weighted by Crippen LogP contribution is 2.08. The molecule has 7 heteroatoms. The van der Waals surface area contributed by atoms with Crippen molar-refractivity contribution in [2.24, 2.45) is 0 Å². The minimum absolute atomic E-state index is 0.0605. The van der Waals surface area contributed by atoms with Crippen molar-refractivity contribution in [3.63, 3.8) is 0 Å². The van der Waals surface area contributed by atoms with Crippen LogP contribution in [0.3, 0.4) is 0 Å². The Morgan fingerprint density at radius 3 is 2.67 bits per heavy atom. The normalized spacial score (nSPS) is 11.5. The third-order valence-electron chi connectivity index (χ3n) is 2.42. The molecule has 0 aliphatic heterocycles. The largest absolute Gasteiger partial charge is 0.361 e. The summed E-state index contributed by atoms with van der Waals surface area (Å²) in [7, 11) is -1.16. The van der Waals surface area contributed by atoms with E-state index in [0.717, 1.165) is 6.04 Å². The Labute approximate surface area is 106 Å². The van der Waals surface area contributed by atoms with Gasteiger partial charge in [-0.3, -0.25) is 19.5 Å². The molecule has 1 aromatic rings. The lowest BCUT2D eigenvalue weighted by atomic mass is 10.4. The molecule has 0 saturated carbocycles. The summed E-state index contributed by atoms with van der Waals surface area (Å²) < 4.78 is 6.60. The summed E-state index contributed by atoms with van der Waals surface area (Å²) in [5, 5.41) is 10.6. The monoisotopic (exact) mass is 270 g/mol. The fourth-order valence-corrected chi connectivity index (χ4v) is 2.06. The van der Waals surface area contributed by atoms with Gasteiger partial charge in [-0.25, -0.2) is 0 Å². The summed E-state index contributed by atoms with van der Waals surface area (Å²) >= 11 is 0. The molecular weight excluding hydrogens is 252 g/mol. The molecule has 0 saturated heterocycles. The molecule has 1 heterocycles. The molecule has 0 unspecified atom stereocenters. The second-order valence-electron chi connectivity index (χ2n) is 5.27. The Bertz CT molecular complexity index is 479. The van der Waals surface area contributed by atoms with E-state index in [0.29, 0.717) is 6.61 Å². The molecule has 1 rings (SSSR count). The predicted octanol–water partition coefficient (Wildman–Crippen LogP) is 2.07. The number of hydrogen-bond acceptors (Lipinski definition) is 4. The molecular formula is C11H18N2O4Si. The zero-order valence-electron chi connectivity index (χ0n) is 10.9. The number of pyridine rings is 1. The topological polar surface area (TPSA) is 74.4 Å². The number of nitro groups is 1. The third kappa shape index (κ3) is 4.42. The van der Waals surface area contributed by atoms with E-state index in [1.807, 2.05) is 0 Å². The molecule has 0 atom stereocenters. The van der Waals surface area contributed by atoms with E-state index >= 15 is 0 Å². The maximum atomic E-state index is 11.7. The molecule has 0 aliphatic rings. The summed E-state index contributed by atoms with van der Waals surface area (Å²) in [4.78, 5) is 21.6. The van der Waals surface area contributed by atoms with Crippen molar-refractivity contribution in [1.82, 2.24) is 4.57 Å². The van der Waals surface area contributed by atoms with Crippen LogP contribution in [0.15, 0.2) is 23.1 Å². The van der Waals surface area contributed by atoms with Gasteiger partial charge in [-0.2, -0.15) is 0 Å². The van der Waals surface area contributed by atoms with Gasteiger partial charge in [0.1, 0.15) is 6.73 Å². The standard InChI is InChI=1S/C11H18N2O4Si/c1-18(2,3)8-7-17-9-12-6-4-5-10(11(12)14)13(15)16/h4-6H,7-9H2,1-3H3. The maximum absolute atomic E-state index is 11.7. The van der Waals surface area contributed by atoms with Crippen molar-refractivity contribution in [1.29, 1.82) is 0 Å². The van der Waals surface area contributed by atoms with Gasteiger partial charge in [0.2, 0.25) is 0 Å². The van der Waals surface area contributed by atoms with E-state index in [1.54, 1.807) is 0 Å². The SMILES string of the molecule is C[Si](C)(C)CCOCn1cccc([N+](=O)[O-])c1=O. The van der Waals surface area contributed by atoms with E-state index in [-0.39, 0.29) is 6.73 Å². The first-order chi connectivity index (χ1) is 8.31. The lowest BCUT2D eigenvalue weighted by Crippen LogP contribution is -2.25. The first-order valence-electron chi connectivity index (χ1n) is 5.73. The number of nitrogens with zero attached hydrogens (tertiary/aromatic N) is 2. The Morgan fingerprint density at radius 1 is 1.44 bits per heavy atom. The van der Waals surface area contributed by atoms with E-state index in [2.05, 4.69) is 19.6 Å². The van der Waals surface area contributed by atoms with Gasteiger partial charge in [-0.1, -0.05) is 19.6 Å². The van der Waals surface area contributed by atoms with Crippen molar-refractivity contribution in [3.05, 3.63) is 38.8 Å².